The van der Waals surface area contributed by atoms with Gasteiger partial charge in [-0.3, -0.25) is 57.7 Å². The summed E-state index contributed by atoms with van der Waals surface area (Å²) in [7, 11) is -4.82. The minimum absolute atomic E-state index is 0.0642. The molecule has 1 fully saturated rings. The van der Waals surface area contributed by atoms with Crippen LogP contribution in [-0.2, 0) is 47.4 Å². The van der Waals surface area contributed by atoms with E-state index >= 15 is 0 Å². The lowest BCUT2D eigenvalue weighted by atomic mass is 10.1. The van der Waals surface area contributed by atoms with E-state index in [0.717, 1.165) is 0 Å². The molecule has 0 spiro atoms. The van der Waals surface area contributed by atoms with E-state index in [0.29, 0.717) is 0 Å². The zero-order chi connectivity index (χ0) is 41.7. The first kappa shape index (κ1) is 48.7. The third-order valence-electron chi connectivity index (χ3n) is 8.16. The van der Waals surface area contributed by atoms with Crippen LogP contribution in [0.1, 0.15) is 39.0 Å². The average molecular weight is 814 g/mol. The van der Waals surface area contributed by atoms with Crippen LogP contribution in [-0.4, -0.2) is 206 Å². The van der Waals surface area contributed by atoms with E-state index in [9.17, 15) is 68.2 Å². The Bertz CT molecular complexity index is 1360. The second kappa shape index (κ2) is 25.0. The van der Waals surface area contributed by atoms with Crippen LogP contribution in [0.4, 0.5) is 0 Å². The van der Waals surface area contributed by atoms with Crippen LogP contribution in [0.3, 0.4) is 0 Å². The summed E-state index contributed by atoms with van der Waals surface area (Å²) in [5.74, 6) is -8.93. The van der Waals surface area contributed by atoms with Crippen molar-refractivity contribution < 1.29 is 83.0 Å². The van der Waals surface area contributed by atoms with Crippen LogP contribution in [0.15, 0.2) is 0 Å². The molecule has 1 aliphatic heterocycles. The smallest absolute Gasteiger partial charge is 0.403 e. The molecule has 25 heteroatoms. The number of carbonyl (C=O) groups excluding carboxylic acids is 2. The van der Waals surface area contributed by atoms with E-state index in [1.807, 2.05) is 0 Å². The molecule has 0 aromatic carbocycles. The standard InChI is InChI=1S/C30H52N7O17P/c1-20(2-4-23(38)32-21(29(48)49)6-15-54-55(52,53)33-22(30(50)51)3-5-25(40)41)31-24(39)16-34-7-9-35(17-26(42)43)11-13-37(19-28(46)47)14-12-36(10-8-34)18-27(44)45/h20-22H,2-19H2,1H3,(H,31,39)(H,32,38)(H,40,41)(H,42,43)(H,44,45)(H,46,47)(H,48,49)(H,50,51)(H2,33,52,53)/t20-,21?,22?/m1/s1. The van der Waals surface area contributed by atoms with Crippen molar-refractivity contribution in [2.24, 2.45) is 0 Å². The van der Waals surface area contributed by atoms with Gasteiger partial charge in [-0.2, -0.15) is 0 Å². The Kier molecular flexibility index (Phi) is 22.1. The zero-order valence-corrected chi connectivity index (χ0v) is 31.3. The number of amides is 2. The summed E-state index contributed by atoms with van der Waals surface area (Å²) in [4.78, 5) is 110. The molecule has 3 unspecified atom stereocenters. The fourth-order valence-corrected chi connectivity index (χ4v) is 6.35. The van der Waals surface area contributed by atoms with E-state index in [1.165, 1.54) is 0 Å². The van der Waals surface area contributed by atoms with Crippen LogP contribution in [0.5, 0.6) is 0 Å². The van der Waals surface area contributed by atoms with Gasteiger partial charge in [-0.05, 0) is 19.8 Å². The summed E-state index contributed by atoms with van der Waals surface area (Å²) in [6, 6.07) is -3.90. The first-order chi connectivity index (χ1) is 25.6. The maximum atomic E-state index is 13.0. The fourth-order valence-electron chi connectivity index (χ4n) is 5.29. The quantitative estimate of drug-likeness (QED) is 0.0427. The molecular formula is C30H52N7O17P. The topological polar surface area (TPSA) is 354 Å². The number of hydrogen-bond acceptors (Lipinski definition) is 14. The molecule has 0 saturated carbocycles. The number of carboxylic acid groups (broad SMARTS) is 6. The summed E-state index contributed by atoms with van der Waals surface area (Å²) in [5, 5.41) is 62.2. The van der Waals surface area contributed by atoms with Gasteiger partial charge in [0.2, 0.25) is 11.8 Å². The molecule has 314 valence electrons. The van der Waals surface area contributed by atoms with Gasteiger partial charge in [-0.25, -0.2) is 14.4 Å². The molecule has 24 nitrogen and oxygen atoms in total. The third-order valence-corrected chi connectivity index (χ3v) is 9.33. The maximum absolute atomic E-state index is 13.0. The van der Waals surface area contributed by atoms with Crippen molar-refractivity contribution in [3.05, 3.63) is 0 Å². The molecule has 55 heavy (non-hydrogen) atoms. The second-order valence-corrected chi connectivity index (χ2v) is 14.4. The van der Waals surface area contributed by atoms with E-state index in [1.54, 1.807) is 31.6 Å². The number of rotatable bonds is 24. The lowest BCUT2D eigenvalue weighted by molar-refractivity contribution is -0.142. The average Bonchev–Trinajstić information content (AvgIpc) is 3.05. The van der Waals surface area contributed by atoms with Gasteiger partial charge in [0.05, 0.1) is 32.8 Å². The molecule has 0 radical (unpaired) electrons. The summed E-state index contributed by atoms with van der Waals surface area (Å²) >= 11 is 0. The number of carbonyl (C=O) groups is 8. The number of nitrogens with one attached hydrogen (secondary N) is 3. The van der Waals surface area contributed by atoms with Crippen molar-refractivity contribution in [2.45, 2.75) is 57.2 Å². The van der Waals surface area contributed by atoms with Gasteiger partial charge < -0.3 is 46.2 Å². The molecule has 0 bridgehead atoms. The van der Waals surface area contributed by atoms with Crippen LogP contribution in [0.25, 0.3) is 0 Å². The Labute approximate surface area is 315 Å². The highest BCUT2D eigenvalue weighted by Crippen LogP contribution is 2.38. The maximum Gasteiger partial charge on any atom is 0.403 e. The fraction of sp³-hybridized carbons (Fsp3) is 0.733. The minimum Gasteiger partial charge on any atom is -0.481 e. The molecule has 0 aliphatic carbocycles. The molecule has 10 N–H and O–H groups in total. The normalized spacial score (nSPS) is 18.3. The van der Waals surface area contributed by atoms with Crippen LogP contribution < -0.4 is 15.7 Å². The van der Waals surface area contributed by atoms with E-state index in [-0.39, 0.29) is 91.4 Å². The molecule has 0 aromatic heterocycles. The van der Waals surface area contributed by atoms with Gasteiger partial charge >= 0.3 is 43.6 Å². The summed E-state index contributed by atoms with van der Waals surface area (Å²) in [6.07, 6.45) is -1.85. The largest absolute Gasteiger partial charge is 0.481 e. The highest BCUT2D eigenvalue weighted by molar-refractivity contribution is 7.50. The molecule has 1 heterocycles. The predicted molar refractivity (Wildman–Crippen MR) is 187 cm³/mol. The molecule has 1 aliphatic rings. The lowest BCUT2D eigenvalue weighted by Gasteiger charge is -2.33. The van der Waals surface area contributed by atoms with Crippen LogP contribution in [0.2, 0.25) is 0 Å². The number of carboxylic acids is 6. The number of nitrogens with zero attached hydrogens (tertiary/aromatic N) is 4. The Morgan fingerprint density at radius 2 is 0.982 bits per heavy atom. The first-order valence-electron chi connectivity index (χ1n) is 17.2. The molecule has 2 amide bonds. The van der Waals surface area contributed by atoms with E-state index < -0.39 is 99.4 Å². The SMILES string of the molecule is C[C@H](CCC(=O)NC(CCOP(=O)(O)NC(CCC(=O)O)C(=O)O)C(=O)O)NC(=O)CN1CCN(CC(=O)O)CCN(CC(=O)O)CCN(CC(=O)O)CC1. The van der Waals surface area contributed by atoms with Crippen molar-refractivity contribution in [2.75, 3.05) is 85.1 Å². The van der Waals surface area contributed by atoms with E-state index in [4.69, 9.17) is 14.7 Å². The van der Waals surface area contributed by atoms with Crippen LogP contribution in [0, 0.1) is 0 Å². The minimum atomic E-state index is -4.82. The van der Waals surface area contributed by atoms with Gasteiger partial charge in [0.1, 0.15) is 12.1 Å². The highest BCUT2D eigenvalue weighted by Gasteiger charge is 2.30. The van der Waals surface area contributed by atoms with Crippen molar-refractivity contribution in [3.63, 3.8) is 0 Å². The molecular weight excluding hydrogens is 761 g/mol. The molecule has 4 atom stereocenters. The van der Waals surface area contributed by atoms with Crippen molar-refractivity contribution in [1.82, 2.24) is 35.3 Å². The number of aliphatic carboxylic acids is 6. The summed E-state index contributed by atoms with van der Waals surface area (Å²) < 4.78 is 17.0. The van der Waals surface area contributed by atoms with Crippen molar-refractivity contribution in [3.8, 4) is 0 Å². The third kappa shape index (κ3) is 23.3. The van der Waals surface area contributed by atoms with Gasteiger partial charge in [0, 0.05) is 77.7 Å². The highest BCUT2D eigenvalue weighted by atomic mass is 31.2. The van der Waals surface area contributed by atoms with Gasteiger partial charge in [0.25, 0.3) is 0 Å². The van der Waals surface area contributed by atoms with E-state index in [2.05, 4.69) is 10.6 Å². The first-order valence-corrected chi connectivity index (χ1v) is 18.8. The summed E-state index contributed by atoms with van der Waals surface area (Å²) in [6.45, 7) is 1.41. The van der Waals surface area contributed by atoms with Crippen molar-refractivity contribution >= 4 is 55.4 Å². The van der Waals surface area contributed by atoms with Crippen LogP contribution >= 0.6 is 7.75 Å². The summed E-state index contributed by atoms with van der Waals surface area (Å²) in [5.41, 5.74) is 0. The molecule has 1 saturated heterocycles. The lowest BCUT2D eigenvalue weighted by Crippen LogP contribution is -2.50. The zero-order valence-electron chi connectivity index (χ0n) is 30.4. The Balaban J connectivity index is 2.75. The second-order valence-electron chi connectivity index (χ2n) is 12.8. The Hall–Kier alpha value is -4.29. The van der Waals surface area contributed by atoms with Gasteiger partial charge in [-0.15, -0.1) is 0 Å². The monoisotopic (exact) mass is 813 g/mol. The van der Waals surface area contributed by atoms with Gasteiger partial charge in [-0.1, -0.05) is 0 Å². The Morgan fingerprint density at radius 1 is 0.564 bits per heavy atom. The predicted octanol–water partition coefficient (Wildman–Crippen LogP) is -3.27. The Morgan fingerprint density at radius 3 is 1.36 bits per heavy atom. The van der Waals surface area contributed by atoms with Gasteiger partial charge in [0.15, 0.2) is 0 Å². The number of hydrogen-bond donors (Lipinski definition) is 10. The van der Waals surface area contributed by atoms with Crippen molar-refractivity contribution in [1.29, 1.82) is 0 Å². The molecule has 1 rings (SSSR count). The molecule has 0 aromatic rings.